The average molecular weight is 221 g/mol. The van der Waals surface area contributed by atoms with Gasteiger partial charge >= 0.3 is 0 Å². The van der Waals surface area contributed by atoms with E-state index in [9.17, 15) is 4.79 Å². The van der Waals surface area contributed by atoms with E-state index in [-0.39, 0.29) is 11.4 Å². The first-order chi connectivity index (χ1) is 7.46. The number of amides is 1. The van der Waals surface area contributed by atoms with E-state index in [1.165, 1.54) is 0 Å². The molecule has 0 heterocycles. The molecule has 0 radical (unpaired) electrons. The second kappa shape index (κ2) is 7.04. The quantitative estimate of drug-likeness (QED) is 0.541. The summed E-state index contributed by atoms with van der Waals surface area (Å²) in [4.78, 5) is 11.9. The summed E-state index contributed by atoms with van der Waals surface area (Å²) in [6, 6.07) is 0. The first-order valence-electron chi connectivity index (χ1n) is 5.74. The fourth-order valence-corrected chi connectivity index (χ4v) is 1.54. The second-order valence-electron chi connectivity index (χ2n) is 4.43. The summed E-state index contributed by atoms with van der Waals surface area (Å²) in [5.74, 6) is -0.0287. The van der Waals surface area contributed by atoms with E-state index in [0.29, 0.717) is 5.57 Å². The Morgan fingerprint density at radius 2 is 2.06 bits per heavy atom. The van der Waals surface area contributed by atoms with Crippen LogP contribution in [0.3, 0.4) is 0 Å². The van der Waals surface area contributed by atoms with E-state index in [1.54, 1.807) is 24.3 Å². The van der Waals surface area contributed by atoms with Gasteiger partial charge in [0.15, 0.2) is 0 Å². The summed E-state index contributed by atoms with van der Waals surface area (Å²) >= 11 is 0. The molecule has 1 N–H and O–H groups in total. The Morgan fingerprint density at radius 1 is 1.44 bits per heavy atom. The third-order valence-electron chi connectivity index (χ3n) is 2.31. The van der Waals surface area contributed by atoms with Crippen molar-refractivity contribution in [2.24, 2.45) is 0 Å². The van der Waals surface area contributed by atoms with Gasteiger partial charge < -0.3 is 5.32 Å². The van der Waals surface area contributed by atoms with Gasteiger partial charge in [-0.3, -0.25) is 4.79 Å². The van der Waals surface area contributed by atoms with Gasteiger partial charge in [0.05, 0.1) is 0 Å². The first kappa shape index (κ1) is 14.7. The zero-order valence-electron chi connectivity index (χ0n) is 10.8. The maximum Gasteiger partial charge on any atom is 0.251 e. The van der Waals surface area contributed by atoms with E-state index in [1.807, 2.05) is 20.8 Å². The molecule has 2 heteroatoms. The standard InChI is InChI=1S/C14H23NO/c1-6-9-10-12(8-3)13(16)15-14(4,5)11-7-2/h6,8-10H,1,7,11H2,2-5H3,(H,15,16)/b10-9-,12-8+. The van der Waals surface area contributed by atoms with Gasteiger partial charge in [0, 0.05) is 11.1 Å². The number of allylic oxidation sites excluding steroid dienone is 3. The van der Waals surface area contributed by atoms with Crippen molar-refractivity contribution in [3.05, 3.63) is 36.5 Å². The number of carbonyl (C=O) groups is 1. The van der Waals surface area contributed by atoms with Gasteiger partial charge in [-0.15, -0.1) is 0 Å². The maximum atomic E-state index is 11.9. The van der Waals surface area contributed by atoms with Gasteiger partial charge in [-0.25, -0.2) is 0 Å². The van der Waals surface area contributed by atoms with Gasteiger partial charge in [-0.1, -0.05) is 38.2 Å². The number of hydrogen-bond acceptors (Lipinski definition) is 1. The SMILES string of the molecule is C=C/C=C\C(=C/C)C(=O)NC(C)(C)CCC. The van der Waals surface area contributed by atoms with Crippen molar-refractivity contribution in [1.82, 2.24) is 5.32 Å². The van der Waals surface area contributed by atoms with Crippen molar-refractivity contribution in [1.29, 1.82) is 0 Å². The van der Waals surface area contributed by atoms with Gasteiger partial charge in [0.1, 0.15) is 0 Å². The van der Waals surface area contributed by atoms with Crippen LogP contribution >= 0.6 is 0 Å². The Balaban J connectivity index is 4.55. The molecule has 0 bridgehead atoms. The normalized spacial score (nSPS) is 12.9. The molecule has 2 nitrogen and oxygen atoms in total. The predicted molar refractivity (Wildman–Crippen MR) is 70.2 cm³/mol. The number of rotatable bonds is 6. The molecule has 0 aromatic carbocycles. The summed E-state index contributed by atoms with van der Waals surface area (Å²) in [7, 11) is 0. The van der Waals surface area contributed by atoms with Gasteiger partial charge in [-0.2, -0.15) is 0 Å². The molecule has 0 aromatic rings. The smallest absolute Gasteiger partial charge is 0.251 e. The highest BCUT2D eigenvalue weighted by atomic mass is 16.1. The minimum atomic E-state index is -0.151. The van der Waals surface area contributed by atoms with Crippen LogP contribution in [0.4, 0.5) is 0 Å². The summed E-state index contributed by atoms with van der Waals surface area (Å²) in [5.41, 5.74) is 0.520. The van der Waals surface area contributed by atoms with E-state index < -0.39 is 0 Å². The van der Waals surface area contributed by atoms with Crippen molar-refractivity contribution >= 4 is 5.91 Å². The van der Waals surface area contributed by atoms with Crippen LogP contribution in [0.2, 0.25) is 0 Å². The number of nitrogens with one attached hydrogen (secondary N) is 1. The van der Waals surface area contributed by atoms with Gasteiger partial charge in [0.25, 0.3) is 5.91 Å². The minimum Gasteiger partial charge on any atom is -0.347 e. The van der Waals surface area contributed by atoms with Crippen LogP contribution in [0, 0.1) is 0 Å². The molecule has 0 unspecified atom stereocenters. The van der Waals surface area contributed by atoms with E-state index >= 15 is 0 Å². The summed E-state index contributed by atoms with van der Waals surface area (Å²) in [6.07, 6.45) is 9.03. The molecule has 1 amide bonds. The van der Waals surface area contributed by atoms with Crippen LogP contribution in [0.1, 0.15) is 40.5 Å². The maximum absolute atomic E-state index is 11.9. The van der Waals surface area contributed by atoms with Crippen LogP contribution in [0.15, 0.2) is 36.5 Å². The number of carbonyl (C=O) groups excluding carboxylic acids is 1. The van der Waals surface area contributed by atoms with E-state index in [4.69, 9.17) is 0 Å². The molecule has 0 atom stereocenters. The van der Waals surface area contributed by atoms with Crippen molar-refractivity contribution in [2.45, 2.75) is 46.1 Å². The van der Waals surface area contributed by atoms with Crippen LogP contribution in [-0.2, 0) is 4.79 Å². The lowest BCUT2D eigenvalue weighted by molar-refractivity contribution is -0.118. The third-order valence-corrected chi connectivity index (χ3v) is 2.31. The first-order valence-corrected chi connectivity index (χ1v) is 5.74. The van der Waals surface area contributed by atoms with Crippen LogP contribution in [0.25, 0.3) is 0 Å². The van der Waals surface area contributed by atoms with E-state index in [2.05, 4.69) is 18.8 Å². The molecule has 0 fully saturated rings. The molecule has 16 heavy (non-hydrogen) atoms. The zero-order chi connectivity index (χ0) is 12.6. The largest absolute Gasteiger partial charge is 0.347 e. The highest BCUT2D eigenvalue weighted by Crippen LogP contribution is 2.12. The lowest BCUT2D eigenvalue weighted by Crippen LogP contribution is -2.43. The zero-order valence-corrected chi connectivity index (χ0v) is 10.8. The molecule has 90 valence electrons. The molecule has 0 aliphatic carbocycles. The fraction of sp³-hybridized carbons (Fsp3) is 0.500. The average Bonchev–Trinajstić information content (AvgIpc) is 2.17. The Kier molecular flexibility index (Phi) is 6.47. The topological polar surface area (TPSA) is 29.1 Å². The van der Waals surface area contributed by atoms with Gasteiger partial charge in [-0.05, 0) is 33.3 Å². The molecule has 0 rings (SSSR count). The molecule has 0 saturated carbocycles. The molecule has 0 saturated heterocycles. The molecular weight excluding hydrogens is 198 g/mol. The monoisotopic (exact) mass is 221 g/mol. The molecule has 0 spiro atoms. The fourth-order valence-electron chi connectivity index (χ4n) is 1.54. The highest BCUT2D eigenvalue weighted by Gasteiger charge is 2.19. The Hall–Kier alpha value is -1.31. The van der Waals surface area contributed by atoms with Crippen molar-refractivity contribution in [3.63, 3.8) is 0 Å². The van der Waals surface area contributed by atoms with Crippen molar-refractivity contribution in [2.75, 3.05) is 0 Å². The lowest BCUT2D eigenvalue weighted by atomic mass is 9.98. The summed E-state index contributed by atoms with van der Waals surface area (Å²) < 4.78 is 0. The molecule has 0 aliphatic rings. The predicted octanol–water partition coefficient (Wildman–Crippen LogP) is 3.37. The van der Waals surface area contributed by atoms with Crippen molar-refractivity contribution < 1.29 is 4.79 Å². The highest BCUT2D eigenvalue weighted by molar-refractivity contribution is 5.96. The molecule has 0 aromatic heterocycles. The Morgan fingerprint density at radius 3 is 2.50 bits per heavy atom. The molecule has 0 aliphatic heterocycles. The Bertz CT molecular complexity index is 298. The summed E-state index contributed by atoms with van der Waals surface area (Å²) in [6.45, 7) is 11.6. The summed E-state index contributed by atoms with van der Waals surface area (Å²) in [5, 5.41) is 3.02. The third kappa shape index (κ3) is 5.54. The molecular formula is C14H23NO. The Labute approximate surface area is 99.1 Å². The van der Waals surface area contributed by atoms with Crippen molar-refractivity contribution in [3.8, 4) is 0 Å². The lowest BCUT2D eigenvalue weighted by Gasteiger charge is -2.26. The van der Waals surface area contributed by atoms with Crippen LogP contribution < -0.4 is 5.32 Å². The second-order valence-corrected chi connectivity index (χ2v) is 4.43. The van der Waals surface area contributed by atoms with Gasteiger partial charge in [0.2, 0.25) is 0 Å². The number of hydrogen-bond donors (Lipinski definition) is 1. The van der Waals surface area contributed by atoms with Crippen LogP contribution in [-0.4, -0.2) is 11.4 Å². The minimum absolute atomic E-state index is 0.0287. The van der Waals surface area contributed by atoms with Crippen LogP contribution in [0.5, 0.6) is 0 Å². The van der Waals surface area contributed by atoms with E-state index in [0.717, 1.165) is 12.8 Å².